The lowest BCUT2D eigenvalue weighted by atomic mass is 9.68. The van der Waals surface area contributed by atoms with Crippen molar-refractivity contribution in [2.75, 3.05) is 19.8 Å². The Balaban J connectivity index is 0.000000229. The van der Waals surface area contributed by atoms with E-state index in [4.69, 9.17) is 4.74 Å². The van der Waals surface area contributed by atoms with Gasteiger partial charge in [-0.05, 0) is 55.1 Å². The normalized spacial score (nSPS) is 34.5. The van der Waals surface area contributed by atoms with E-state index in [1.807, 2.05) is 0 Å². The number of halogens is 5. The van der Waals surface area contributed by atoms with Crippen molar-refractivity contribution in [2.45, 2.75) is 90.0 Å². The largest absolute Gasteiger partial charge is 0.417 e. The van der Waals surface area contributed by atoms with E-state index in [9.17, 15) is 31.9 Å². The van der Waals surface area contributed by atoms with Crippen molar-refractivity contribution in [2.24, 2.45) is 22.7 Å². The summed E-state index contributed by atoms with van der Waals surface area (Å²) >= 11 is 0. The van der Waals surface area contributed by atoms with Crippen LogP contribution in [0.3, 0.4) is 0 Å². The smallest absolute Gasteiger partial charge is 0.381 e. The number of aromatic nitrogens is 1. The molecule has 1 N–H and O–H groups in total. The fourth-order valence-corrected chi connectivity index (χ4v) is 7.46. The standard InChI is InChI=1S/C20H25F3N2O.C9H14F2O2/c1-13-9-18(2)5-3-6-19(18,10-13)17(26)25-7-4-16-14(12-25)8-15(11-24-16)20(21,22)23;1-3-7-4-5-13-6-9(7,12)8(2,10)11/h8,11,13H,3-7,9-10,12H2,1-2H3;3,7,12H,1,4-6H2,2H3/t13-,18-,19+;7-,9-/m10/s1. The van der Waals surface area contributed by atoms with Gasteiger partial charge in [-0.2, -0.15) is 13.2 Å². The van der Waals surface area contributed by atoms with E-state index in [2.05, 4.69) is 25.4 Å². The van der Waals surface area contributed by atoms with Gasteiger partial charge in [0.25, 0.3) is 5.92 Å². The summed E-state index contributed by atoms with van der Waals surface area (Å²) in [6.07, 6.45) is 3.84. The van der Waals surface area contributed by atoms with Crippen LogP contribution in [0, 0.1) is 22.7 Å². The third kappa shape index (κ3) is 5.35. The first-order valence-corrected chi connectivity index (χ1v) is 13.7. The van der Waals surface area contributed by atoms with Crippen molar-refractivity contribution < 1.29 is 36.6 Å². The number of hydrogen-bond donors (Lipinski definition) is 1. The van der Waals surface area contributed by atoms with Crippen molar-refractivity contribution in [3.63, 3.8) is 0 Å². The summed E-state index contributed by atoms with van der Waals surface area (Å²) in [4.78, 5) is 19.3. The van der Waals surface area contributed by atoms with Crippen LogP contribution in [0.25, 0.3) is 0 Å². The lowest BCUT2D eigenvalue weighted by molar-refractivity contribution is -0.233. The van der Waals surface area contributed by atoms with Crippen molar-refractivity contribution in [1.82, 2.24) is 9.88 Å². The molecule has 1 aromatic rings. The van der Waals surface area contributed by atoms with Crippen LogP contribution in [0.1, 0.15) is 76.1 Å². The summed E-state index contributed by atoms with van der Waals surface area (Å²) in [6, 6.07) is 1.17. The van der Waals surface area contributed by atoms with Gasteiger partial charge in [0.2, 0.25) is 5.91 Å². The van der Waals surface area contributed by atoms with Gasteiger partial charge in [-0.25, -0.2) is 8.78 Å². The Morgan fingerprint density at radius 3 is 2.59 bits per heavy atom. The molecule has 5 atom stereocenters. The Kier molecular flexibility index (Phi) is 7.97. The highest BCUT2D eigenvalue weighted by Gasteiger charge is 2.62. The Labute approximate surface area is 226 Å². The Hall–Kier alpha value is -2.07. The van der Waals surface area contributed by atoms with Gasteiger partial charge in [0.05, 0.1) is 17.6 Å². The topological polar surface area (TPSA) is 62.7 Å². The molecule has 1 amide bonds. The van der Waals surface area contributed by atoms with Gasteiger partial charge >= 0.3 is 6.18 Å². The first-order valence-electron chi connectivity index (χ1n) is 13.7. The quantitative estimate of drug-likeness (QED) is 0.355. The van der Waals surface area contributed by atoms with Gasteiger partial charge in [0.1, 0.15) is 0 Å². The van der Waals surface area contributed by atoms with Crippen molar-refractivity contribution in [3.8, 4) is 0 Å². The summed E-state index contributed by atoms with van der Waals surface area (Å²) < 4.78 is 70.0. The second-order valence-electron chi connectivity index (χ2n) is 12.3. The van der Waals surface area contributed by atoms with Crippen molar-refractivity contribution >= 4 is 5.91 Å². The molecule has 3 heterocycles. The predicted molar refractivity (Wildman–Crippen MR) is 136 cm³/mol. The number of amides is 1. The highest BCUT2D eigenvalue weighted by atomic mass is 19.4. The molecule has 1 aromatic heterocycles. The molecule has 2 aliphatic carbocycles. The predicted octanol–water partition coefficient (Wildman–Crippen LogP) is 6.19. The van der Waals surface area contributed by atoms with Gasteiger partial charge in [0, 0.05) is 50.8 Å². The molecule has 0 unspecified atom stereocenters. The minimum atomic E-state index is -4.40. The number of aliphatic hydroxyl groups is 1. The van der Waals surface area contributed by atoms with Crippen molar-refractivity contribution in [1.29, 1.82) is 0 Å². The van der Waals surface area contributed by atoms with Crippen LogP contribution in [0.5, 0.6) is 0 Å². The summed E-state index contributed by atoms with van der Waals surface area (Å²) in [5, 5.41) is 9.72. The molecular weight excluding hydrogens is 519 g/mol. The summed E-state index contributed by atoms with van der Waals surface area (Å²) in [7, 11) is 0. The SMILES string of the molecule is C=C[C@H]1CCOC[C@@]1(O)C(C)(F)F.C[C@@H]1C[C@@]2(C)CCC[C@@]2(C(=O)N2CCc3ncc(C(F)(F)F)cc3C2)C1. The second kappa shape index (κ2) is 10.4. The van der Waals surface area contributed by atoms with E-state index >= 15 is 0 Å². The summed E-state index contributed by atoms with van der Waals surface area (Å²) in [5.74, 6) is -3.07. The van der Waals surface area contributed by atoms with Gasteiger partial charge in [-0.15, -0.1) is 6.58 Å². The minimum Gasteiger partial charge on any atom is -0.381 e. The van der Waals surface area contributed by atoms with Gasteiger partial charge < -0.3 is 14.7 Å². The van der Waals surface area contributed by atoms with Gasteiger partial charge in [0.15, 0.2) is 5.60 Å². The van der Waals surface area contributed by atoms with Crippen molar-refractivity contribution in [3.05, 3.63) is 41.7 Å². The first-order chi connectivity index (χ1) is 18.1. The zero-order valence-electron chi connectivity index (χ0n) is 22.9. The number of carbonyl (C=O) groups excluding carboxylic acids is 1. The number of rotatable bonds is 3. The van der Waals surface area contributed by atoms with E-state index < -0.39 is 29.2 Å². The molecule has 0 spiro atoms. The maximum atomic E-state index is 13.5. The van der Waals surface area contributed by atoms with E-state index in [0.29, 0.717) is 50.1 Å². The molecule has 1 saturated heterocycles. The maximum absolute atomic E-state index is 13.5. The number of nitrogens with zero attached hydrogens (tertiary/aromatic N) is 2. The number of hydrogen-bond acceptors (Lipinski definition) is 4. The summed E-state index contributed by atoms with van der Waals surface area (Å²) in [5.41, 5.74) is -1.87. The molecule has 218 valence electrons. The monoisotopic (exact) mass is 558 g/mol. The Morgan fingerprint density at radius 1 is 1.26 bits per heavy atom. The van der Waals surface area contributed by atoms with Gasteiger partial charge in [-0.3, -0.25) is 9.78 Å². The first kappa shape index (κ1) is 29.9. The second-order valence-corrected chi connectivity index (χ2v) is 12.3. The molecule has 5 nitrogen and oxygen atoms in total. The Bertz CT molecular complexity index is 1090. The fourth-order valence-electron chi connectivity index (χ4n) is 7.46. The third-order valence-corrected chi connectivity index (χ3v) is 9.60. The molecule has 0 bridgehead atoms. The van der Waals surface area contributed by atoms with Crippen LogP contribution in [0.4, 0.5) is 22.0 Å². The molecule has 2 saturated carbocycles. The molecule has 39 heavy (non-hydrogen) atoms. The Morgan fingerprint density at radius 2 is 1.97 bits per heavy atom. The van der Waals surface area contributed by atoms with Gasteiger partial charge in [-0.1, -0.05) is 26.3 Å². The highest BCUT2D eigenvalue weighted by molar-refractivity contribution is 5.85. The van der Waals surface area contributed by atoms with Crippen LogP contribution >= 0.6 is 0 Å². The molecule has 2 aliphatic heterocycles. The van der Waals surface area contributed by atoms with Crippen LogP contribution in [0.15, 0.2) is 24.9 Å². The number of carbonyl (C=O) groups is 1. The molecule has 10 heteroatoms. The van der Waals surface area contributed by atoms with Crippen LogP contribution in [0.2, 0.25) is 0 Å². The average molecular weight is 559 g/mol. The lowest BCUT2D eigenvalue weighted by Crippen LogP contribution is -2.57. The number of alkyl halides is 5. The zero-order chi connectivity index (χ0) is 28.9. The number of fused-ring (bicyclic) bond motifs is 2. The van der Waals surface area contributed by atoms with E-state index in [1.54, 1.807) is 4.90 Å². The number of pyridine rings is 1. The lowest BCUT2D eigenvalue weighted by Gasteiger charge is -2.42. The average Bonchev–Trinajstić information content (AvgIpc) is 3.31. The maximum Gasteiger partial charge on any atom is 0.417 e. The van der Waals surface area contributed by atoms with Crippen LogP contribution < -0.4 is 0 Å². The molecule has 0 aromatic carbocycles. The summed E-state index contributed by atoms with van der Waals surface area (Å²) in [6.45, 7) is 9.47. The minimum absolute atomic E-state index is 0.0375. The van der Waals surface area contributed by atoms with E-state index in [1.165, 1.54) is 12.1 Å². The molecule has 5 rings (SSSR count). The van der Waals surface area contributed by atoms with E-state index in [0.717, 1.165) is 38.3 Å². The van der Waals surface area contributed by atoms with Crippen LogP contribution in [-0.4, -0.2) is 52.2 Å². The highest BCUT2D eigenvalue weighted by Crippen LogP contribution is 2.65. The molecule has 0 radical (unpaired) electrons. The third-order valence-electron chi connectivity index (χ3n) is 9.60. The molecule has 3 fully saturated rings. The van der Waals surface area contributed by atoms with E-state index in [-0.39, 0.29) is 29.9 Å². The number of ether oxygens (including phenoxy) is 1. The molecular formula is C29H39F5N2O3. The van der Waals surface area contributed by atoms with Crippen LogP contribution in [-0.2, 0) is 28.7 Å². The molecule has 4 aliphatic rings. The fraction of sp³-hybridized carbons (Fsp3) is 0.724. The zero-order valence-corrected chi connectivity index (χ0v) is 22.9.